The van der Waals surface area contributed by atoms with Gasteiger partial charge in [-0.1, -0.05) is 13.3 Å². The maximum Gasteiger partial charge on any atom is 0.326 e. The fraction of sp³-hybridized carbons (Fsp3) is 0.929. The van der Waals surface area contributed by atoms with E-state index in [1.807, 2.05) is 0 Å². The fourth-order valence-electron chi connectivity index (χ4n) is 2.99. The molecule has 4 nitrogen and oxygen atoms in total. The first-order valence-electron chi connectivity index (χ1n) is 7.23. The maximum absolute atomic E-state index is 12.2. The summed E-state index contributed by atoms with van der Waals surface area (Å²) in [5, 5.41) is 0. The molecule has 1 saturated heterocycles. The highest BCUT2D eigenvalue weighted by molar-refractivity contribution is 5.80. The summed E-state index contributed by atoms with van der Waals surface area (Å²) in [6.07, 6.45) is 6.91. The number of hydrogen-bond donors (Lipinski definition) is 1. The van der Waals surface area contributed by atoms with E-state index < -0.39 is 5.54 Å². The smallest absolute Gasteiger partial charge is 0.326 e. The molecule has 0 amide bonds. The third-order valence-corrected chi connectivity index (χ3v) is 4.41. The number of rotatable bonds is 3. The highest BCUT2D eigenvalue weighted by Crippen LogP contribution is 2.31. The first kappa shape index (κ1) is 13.8. The Hall–Kier alpha value is -0.610. The van der Waals surface area contributed by atoms with E-state index in [-0.39, 0.29) is 12.1 Å². The minimum atomic E-state index is -0.812. The zero-order chi connectivity index (χ0) is 13.0. The maximum atomic E-state index is 12.2. The van der Waals surface area contributed by atoms with Crippen molar-refractivity contribution in [2.45, 2.75) is 63.5 Å². The Kier molecular flexibility index (Phi) is 4.62. The monoisotopic (exact) mass is 255 g/mol. The molecule has 2 rings (SSSR count). The summed E-state index contributed by atoms with van der Waals surface area (Å²) in [6.45, 7) is 3.30. The van der Waals surface area contributed by atoms with Crippen LogP contribution in [0.15, 0.2) is 0 Å². The van der Waals surface area contributed by atoms with Gasteiger partial charge in [-0.25, -0.2) is 0 Å². The van der Waals surface area contributed by atoms with E-state index >= 15 is 0 Å². The first-order chi connectivity index (χ1) is 8.65. The molecule has 4 heteroatoms. The van der Waals surface area contributed by atoms with Crippen LogP contribution in [-0.2, 0) is 14.3 Å². The summed E-state index contributed by atoms with van der Waals surface area (Å²) in [6, 6.07) is 0. The summed E-state index contributed by atoms with van der Waals surface area (Å²) < 4.78 is 11.0. The summed E-state index contributed by atoms with van der Waals surface area (Å²) in [5.74, 6) is 0.308. The Morgan fingerprint density at radius 3 is 2.67 bits per heavy atom. The zero-order valence-electron chi connectivity index (χ0n) is 11.3. The van der Waals surface area contributed by atoms with Gasteiger partial charge in [0.2, 0.25) is 0 Å². The lowest BCUT2D eigenvalue weighted by atomic mass is 9.84. The number of carbonyl (C=O) groups excluding carboxylic acids is 1. The van der Waals surface area contributed by atoms with Crippen molar-refractivity contribution >= 4 is 5.97 Å². The molecule has 0 spiro atoms. The quantitative estimate of drug-likeness (QED) is 0.784. The molecule has 1 aliphatic heterocycles. The highest BCUT2D eigenvalue weighted by Gasteiger charge is 2.40. The van der Waals surface area contributed by atoms with Gasteiger partial charge < -0.3 is 15.2 Å². The molecule has 2 N–H and O–H groups in total. The van der Waals surface area contributed by atoms with Crippen LogP contribution in [0, 0.1) is 5.92 Å². The second kappa shape index (κ2) is 6.02. The van der Waals surface area contributed by atoms with Crippen molar-refractivity contribution in [2.75, 3.05) is 13.2 Å². The van der Waals surface area contributed by atoms with Crippen molar-refractivity contribution in [1.29, 1.82) is 0 Å². The molecule has 1 saturated carbocycles. The molecule has 2 fully saturated rings. The summed E-state index contributed by atoms with van der Waals surface area (Å²) in [4.78, 5) is 12.2. The molecule has 0 bridgehead atoms. The molecule has 104 valence electrons. The molecular formula is C14H25NO3. The van der Waals surface area contributed by atoms with Gasteiger partial charge in [0, 0.05) is 13.2 Å². The Morgan fingerprint density at radius 2 is 2.00 bits per heavy atom. The number of esters is 1. The van der Waals surface area contributed by atoms with Crippen LogP contribution in [0.3, 0.4) is 0 Å². The Labute approximate surface area is 109 Å². The van der Waals surface area contributed by atoms with E-state index in [2.05, 4.69) is 6.92 Å². The van der Waals surface area contributed by atoms with Crippen molar-refractivity contribution < 1.29 is 14.3 Å². The number of nitrogens with two attached hydrogens (primary N) is 1. The van der Waals surface area contributed by atoms with Crippen LogP contribution in [-0.4, -0.2) is 30.8 Å². The lowest BCUT2D eigenvalue weighted by molar-refractivity contribution is -0.164. The number of carbonyl (C=O) groups is 1. The average Bonchev–Trinajstić information content (AvgIpc) is 2.40. The van der Waals surface area contributed by atoms with Gasteiger partial charge >= 0.3 is 5.97 Å². The van der Waals surface area contributed by atoms with Gasteiger partial charge in [-0.2, -0.15) is 0 Å². The predicted octanol–water partition coefficient (Wildman–Crippen LogP) is 2.01. The predicted molar refractivity (Wildman–Crippen MR) is 69.1 cm³/mol. The van der Waals surface area contributed by atoms with Crippen LogP contribution in [0.1, 0.15) is 51.9 Å². The molecule has 18 heavy (non-hydrogen) atoms. The van der Waals surface area contributed by atoms with Gasteiger partial charge in [0.25, 0.3) is 0 Å². The van der Waals surface area contributed by atoms with E-state index in [4.69, 9.17) is 15.2 Å². The van der Waals surface area contributed by atoms with Crippen molar-refractivity contribution in [3.05, 3.63) is 0 Å². The van der Waals surface area contributed by atoms with Gasteiger partial charge in [0.1, 0.15) is 11.6 Å². The third kappa shape index (κ3) is 3.04. The van der Waals surface area contributed by atoms with Crippen molar-refractivity contribution in [2.24, 2.45) is 11.7 Å². The first-order valence-corrected chi connectivity index (χ1v) is 7.23. The minimum absolute atomic E-state index is 0.0829. The van der Waals surface area contributed by atoms with Gasteiger partial charge in [-0.3, -0.25) is 4.79 Å². The summed E-state index contributed by atoms with van der Waals surface area (Å²) in [7, 11) is 0. The van der Waals surface area contributed by atoms with Crippen LogP contribution in [0.2, 0.25) is 0 Å². The van der Waals surface area contributed by atoms with Crippen molar-refractivity contribution in [1.82, 2.24) is 0 Å². The highest BCUT2D eigenvalue weighted by atomic mass is 16.5. The summed E-state index contributed by atoms with van der Waals surface area (Å²) in [5.41, 5.74) is 5.34. The van der Waals surface area contributed by atoms with Crippen LogP contribution in [0.5, 0.6) is 0 Å². The van der Waals surface area contributed by atoms with Crippen LogP contribution in [0.25, 0.3) is 0 Å². The van der Waals surface area contributed by atoms with Gasteiger partial charge in [-0.05, 0) is 44.4 Å². The van der Waals surface area contributed by atoms with Crippen molar-refractivity contribution in [3.8, 4) is 0 Å². The Balaban J connectivity index is 1.92. The molecule has 0 aromatic heterocycles. The summed E-state index contributed by atoms with van der Waals surface area (Å²) >= 11 is 0. The normalized spacial score (nSPS) is 31.9. The van der Waals surface area contributed by atoms with E-state index in [0.717, 1.165) is 19.3 Å². The molecule has 2 unspecified atom stereocenters. The van der Waals surface area contributed by atoms with Crippen LogP contribution in [0.4, 0.5) is 0 Å². The number of ether oxygens (including phenoxy) is 2. The zero-order valence-corrected chi connectivity index (χ0v) is 11.3. The van der Waals surface area contributed by atoms with Crippen LogP contribution >= 0.6 is 0 Å². The molecular weight excluding hydrogens is 230 g/mol. The Bertz CT molecular complexity index is 287. The molecule has 0 aromatic carbocycles. The largest absolute Gasteiger partial charge is 0.461 e. The van der Waals surface area contributed by atoms with E-state index in [9.17, 15) is 4.79 Å². The molecule has 2 atom stereocenters. The van der Waals surface area contributed by atoms with Crippen molar-refractivity contribution in [3.63, 3.8) is 0 Å². The second-order valence-electron chi connectivity index (χ2n) is 5.67. The molecule has 1 aliphatic carbocycles. The SMILES string of the molecule is CCC1CCCCC1OC(=O)C1(N)CCOCC1. The minimum Gasteiger partial charge on any atom is -0.461 e. The fourth-order valence-corrected chi connectivity index (χ4v) is 2.99. The average molecular weight is 255 g/mol. The standard InChI is InChI=1S/C14H25NO3/c1-2-11-5-3-4-6-12(11)18-13(16)14(15)7-9-17-10-8-14/h11-12H,2-10,15H2,1H3. The second-order valence-corrected chi connectivity index (χ2v) is 5.67. The van der Waals surface area contributed by atoms with E-state index in [1.165, 1.54) is 12.8 Å². The molecule has 0 aromatic rings. The lowest BCUT2D eigenvalue weighted by Gasteiger charge is -2.36. The molecule has 1 heterocycles. The number of hydrogen-bond acceptors (Lipinski definition) is 4. The molecule has 2 aliphatic rings. The van der Waals surface area contributed by atoms with Gasteiger partial charge in [0.15, 0.2) is 0 Å². The van der Waals surface area contributed by atoms with Gasteiger partial charge in [0.05, 0.1) is 0 Å². The Morgan fingerprint density at radius 1 is 1.33 bits per heavy atom. The van der Waals surface area contributed by atoms with E-state index in [0.29, 0.717) is 32.0 Å². The third-order valence-electron chi connectivity index (χ3n) is 4.41. The molecule has 0 radical (unpaired) electrons. The van der Waals surface area contributed by atoms with Gasteiger partial charge in [-0.15, -0.1) is 0 Å². The lowest BCUT2D eigenvalue weighted by Crippen LogP contribution is -2.54. The topological polar surface area (TPSA) is 61.5 Å². The van der Waals surface area contributed by atoms with Crippen LogP contribution < -0.4 is 5.73 Å². The van der Waals surface area contributed by atoms with E-state index in [1.54, 1.807) is 0 Å².